The minimum Gasteiger partial charge on any atom is -0.481 e. The van der Waals surface area contributed by atoms with Crippen molar-refractivity contribution in [3.8, 4) is 0 Å². The molecule has 88 valence electrons. The number of carboxylic acid groups (broad SMARTS) is 1. The Hall–Kier alpha value is -0.970. The number of carboxylic acids is 1. The number of aryl methyl sites for hydroxylation is 2. The fourth-order valence-electron chi connectivity index (χ4n) is 1.97. The predicted octanol–water partition coefficient (Wildman–Crippen LogP) is 2.64. The first-order valence-corrected chi connectivity index (χ1v) is 6.29. The van der Waals surface area contributed by atoms with Gasteiger partial charge >= 0.3 is 5.97 Å². The van der Waals surface area contributed by atoms with Crippen molar-refractivity contribution in [2.75, 3.05) is 0 Å². The van der Waals surface area contributed by atoms with Gasteiger partial charge in [0.2, 0.25) is 0 Å². The highest BCUT2D eigenvalue weighted by Crippen LogP contribution is 2.39. The SMILES string of the molecule is Cc1nc(SC2CCCC2C(=O)O)oc1C. The largest absolute Gasteiger partial charge is 0.481 e. The van der Waals surface area contributed by atoms with Crippen LogP contribution in [0.3, 0.4) is 0 Å². The van der Waals surface area contributed by atoms with E-state index in [1.165, 1.54) is 11.8 Å². The van der Waals surface area contributed by atoms with Crippen molar-refractivity contribution < 1.29 is 14.3 Å². The van der Waals surface area contributed by atoms with Gasteiger partial charge in [-0.25, -0.2) is 4.98 Å². The van der Waals surface area contributed by atoms with E-state index in [1.54, 1.807) is 0 Å². The van der Waals surface area contributed by atoms with Crippen molar-refractivity contribution in [1.29, 1.82) is 0 Å². The van der Waals surface area contributed by atoms with Gasteiger partial charge in [0.05, 0.1) is 11.6 Å². The van der Waals surface area contributed by atoms with Crippen molar-refractivity contribution in [3.05, 3.63) is 11.5 Å². The number of aliphatic carboxylic acids is 1. The van der Waals surface area contributed by atoms with Crippen molar-refractivity contribution in [3.63, 3.8) is 0 Å². The van der Waals surface area contributed by atoms with Crippen LogP contribution in [-0.4, -0.2) is 21.3 Å². The molecule has 0 spiro atoms. The van der Waals surface area contributed by atoms with Gasteiger partial charge in [-0.05, 0) is 26.7 Å². The van der Waals surface area contributed by atoms with Gasteiger partial charge in [0.25, 0.3) is 5.22 Å². The molecular formula is C11H15NO3S. The quantitative estimate of drug-likeness (QED) is 0.881. The van der Waals surface area contributed by atoms with Crippen molar-refractivity contribution in [2.24, 2.45) is 5.92 Å². The molecule has 1 fully saturated rings. The summed E-state index contributed by atoms with van der Waals surface area (Å²) in [5.41, 5.74) is 0.882. The van der Waals surface area contributed by atoms with Gasteiger partial charge in [-0.2, -0.15) is 0 Å². The van der Waals surface area contributed by atoms with E-state index in [4.69, 9.17) is 9.52 Å². The van der Waals surface area contributed by atoms with Crippen LogP contribution >= 0.6 is 11.8 Å². The molecule has 2 unspecified atom stereocenters. The summed E-state index contributed by atoms with van der Waals surface area (Å²) in [5.74, 6) is -0.139. The van der Waals surface area contributed by atoms with E-state index in [9.17, 15) is 4.79 Å². The monoisotopic (exact) mass is 241 g/mol. The van der Waals surface area contributed by atoms with Crippen molar-refractivity contribution in [1.82, 2.24) is 4.98 Å². The Balaban J connectivity index is 2.06. The zero-order chi connectivity index (χ0) is 11.7. The highest BCUT2D eigenvalue weighted by molar-refractivity contribution is 7.99. The molecule has 0 bridgehead atoms. The standard InChI is InChI=1S/C11H15NO3S/c1-6-7(2)15-11(12-6)16-9-5-3-4-8(9)10(13)14/h8-9H,3-5H2,1-2H3,(H,13,14). The summed E-state index contributed by atoms with van der Waals surface area (Å²) in [4.78, 5) is 15.3. The average Bonchev–Trinajstić information content (AvgIpc) is 2.75. The summed E-state index contributed by atoms with van der Waals surface area (Å²) in [5, 5.41) is 9.77. The number of aromatic nitrogens is 1. The summed E-state index contributed by atoms with van der Waals surface area (Å²) in [6.45, 7) is 3.77. The smallest absolute Gasteiger partial charge is 0.307 e. The highest BCUT2D eigenvalue weighted by Gasteiger charge is 2.34. The summed E-state index contributed by atoms with van der Waals surface area (Å²) in [6.07, 6.45) is 2.68. The van der Waals surface area contributed by atoms with E-state index in [0.717, 1.165) is 30.7 Å². The maximum Gasteiger partial charge on any atom is 0.307 e. The molecule has 1 heterocycles. The van der Waals surface area contributed by atoms with Crippen LogP contribution in [0.1, 0.15) is 30.7 Å². The van der Waals surface area contributed by atoms with E-state index in [2.05, 4.69) is 4.98 Å². The number of nitrogens with zero attached hydrogens (tertiary/aromatic N) is 1. The summed E-state index contributed by atoms with van der Waals surface area (Å²) in [6, 6.07) is 0. The van der Waals surface area contributed by atoms with Crippen molar-refractivity contribution in [2.45, 2.75) is 43.6 Å². The second kappa shape index (κ2) is 4.49. The Kier molecular flexibility index (Phi) is 3.23. The third-order valence-electron chi connectivity index (χ3n) is 3.03. The number of carbonyl (C=O) groups is 1. The van der Waals surface area contributed by atoms with E-state index in [0.29, 0.717) is 5.22 Å². The van der Waals surface area contributed by atoms with Crippen LogP contribution in [0.5, 0.6) is 0 Å². The Labute approximate surface area is 98.4 Å². The molecule has 2 rings (SSSR count). The van der Waals surface area contributed by atoms with Gasteiger partial charge in [-0.15, -0.1) is 0 Å². The van der Waals surface area contributed by atoms with Crippen LogP contribution < -0.4 is 0 Å². The van der Waals surface area contributed by atoms with Gasteiger partial charge in [-0.3, -0.25) is 4.79 Å². The van der Waals surface area contributed by atoms with E-state index < -0.39 is 5.97 Å². The summed E-state index contributed by atoms with van der Waals surface area (Å²) < 4.78 is 5.46. The fourth-order valence-corrected chi connectivity index (χ4v) is 3.30. The van der Waals surface area contributed by atoms with Crippen LogP contribution in [-0.2, 0) is 4.79 Å². The van der Waals surface area contributed by atoms with Crippen LogP contribution in [0, 0.1) is 19.8 Å². The minimum absolute atomic E-state index is 0.106. The second-order valence-electron chi connectivity index (χ2n) is 4.15. The topological polar surface area (TPSA) is 63.3 Å². The van der Waals surface area contributed by atoms with Crippen LogP contribution in [0.15, 0.2) is 9.64 Å². The summed E-state index contributed by atoms with van der Waals surface area (Å²) in [7, 11) is 0. The molecule has 0 radical (unpaired) electrons. The second-order valence-corrected chi connectivity index (χ2v) is 5.34. The van der Waals surface area contributed by atoms with Crippen LogP contribution in [0.2, 0.25) is 0 Å². The first kappa shape index (κ1) is 11.5. The van der Waals surface area contributed by atoms with E-state index in [-0.39, 0.29) is 11.2 Å². The van der Waals surface area contributed by atoms with Gasteiger partial charge in [0, 0.05) is 5.25 Å². The molecule has 1 saturated carbocycles. The van der Waals surface area contributed by atoms with Gasteiger partial charge in [-0.1, -0.05) is 18.2 Å². The Morgan fingerprint density at radius 3 is 2.81 bits per heavy atom. The molecule has 2 atom stereocenters. The lowest BCUT2D eigenvalue weighted by molar-refractivity contribution is -0.141. The lowest BCUT2D eigenvalue weighted by atomic mass is 10.1. The third-order valence-corrected chi connectivity index (χ3v) is 4.27. The predicted molar refractivity (Wildman–Crippen MR) is 60.6 cm³/mol. The molecule has 1 aliphatic rings. The number of oxazole rings is 1. The van der Waals surface area contributed by atoms with Gasteiger partial charge < -0.3 is 9.52 Å². The molecule has 1 aromatic heterocycles. The molecule has 0 saturated heterocycles. The first-order valence-electron chi connectivity index (χ1n) is 5.41. The number of thioether (sulfide) groups is 1. The molecular weight excluding hydrogens is 226 g/mol. The molecule has 0 aromatic carbocycles. The zero-order valence-electron chi connectivity index (χ0n) is 9.40. The normalized spacial score (nSPS) is 24.9. The lowest BCUT2D eigenvalue weighted by Crippen LogP contribution is -2.19. The van der Waals surface area contributed by atoms with E-state index >= 15 is 0 Å². The minimum atomic E-state index is -0.699. The Bertz CT molecular complexity index is 382. The molecule has 0 aliphatic heterocycles. The molecule has 4 nitrogen and oxygen atoms in total. The lowest BCUT2D eigenvalue weighted by Gasteiger charge is -2.12. The van der Waals surface area contributed by atoms with Crippen LogP contribution in [0.25, 0.3) is 0 Å². The maximum absolute atomic E-state index is 11.0. The summed E-state index contributed by atoms with van der Waals surface area (Å²) >= 11 is 1.46. The molecule has 1 aliphatic carbocycles. The Morgan fingerprint density at radius 1 is 1.50 bits per heavy atom. The maximum atomic E-state index is 11.0. The van der Waals surface area contributed by atoms with E-state index in [1.807, 2.05) is 13.8 Å². The fraction of sp³-hybridized carbons (Fsp3) is 0.636. The molecule has 0 amide bonds. The number of hydrogen-bond donors (Lipinski definition) is 1. The molecule has 1 N–H and O–H groups in total. The average molecular weight is 241 g/mol. The number of hydrogen-bond acceptors (Lipinski definition) is 4. The molecule has 1 aromatic rings. The molecule has 16 heavy (non-hydrogen) atoms. The highest BCUT2D eigenvalue weighted by atomic mass is 32.2. The van der Waals surface area contributed by atoms with Crippen LogP contribution in [0.4, 0.5) is 0 Å². The third kappa shape index (κ3) is 2.24. The molecule has 5 heteroatoms. The van der Waals surface area contributed by atoms with Gasteiger partial charge in [0.15, 0.2) is 0 Å². The number of rotatable bonds is 3. The Morgan fingerprint density at radius 2 is 2.25 bits per heavy atom. The van der Waals surface area contributed by atoms with Gasteiger partial charge in [0.1, 0.15) is 5.76 Å². The first-order chi connectivity index (χ1) is 7.58. The van der Waals surface area contributed by atoms with Crippen molar-refractivity contribution >= 4 is 17.7 Å². The zero-order valence-corrected chi connectivity index (χ0v) is 10.2.